The Bertz CT molecular complexity index is 250. The van der Waals surface area contributed by atoms with Crippen molar-refractivity contribution in [3.05, 3.63) is 34.9 Å². The zero-order valence-electron chi connectivity index (χ0n) is 7.34. The highest BCUT2D eigenvalue weighted by Gasteiger charge is 2.06. The summed E-state index contributed by atoms with van der Waals surface area (Å²) < 4.78 is 0. The van der Waals surface area contributed by atoms with E-state index in [9.17, 15) is 0 Å². The summed E-state index contributed by atoms with van der Waals surface area (Å²) in [7, 11) is 0. The fraction of sp³-hybridized carbons (Fsp3) is 0.400. The summed E-state index contributed by atoms with van der Waals surface area (Å²) in [6, 6.07) is 6.09. The fourth-order valence-corrected chi connectivity index (χ4v) is 1.42. The molecule has 12 heavy (non-hydrogen) atoms. The quantitative estimate of drug-likeness (QED) is 0.701. The SMILES string of the molecule is Cc1cc(C)cc([C@H](Cl)CO)c1. The second kappa shape index (κ2) is 3.92. The van der Waals surface area contributed by atoms with Crippen LogP contribution in [0, 0.1) is 13.8 Å². The molecule has 1 atom stereocenters. The predicted molar refractivity (Wildman–Crippen MR) is 51.6 cm³/mol. The molecule has 1 nitrogen and oxygen atoms in total. The topological polar surface area (TPSA) is 20.2 Å². The zero-order chi connectivity index (χ0) is 9.14. The normalized spacial score (nSPS) is 13.0. The predicted octanol–water partition coefficient (Wildman–Crippen LogP) is 2.58. The number of aryl methyl sites for hydroxylation is 2. The van der Waals surface area contributed by atoms with E-state index >= 15 is 0 Å². The van der Waals surface area contributed by atoms with Gasteiger partial charge in [-0.05, 0) is 19.4 Å². The number of aliphatic hydroxyl groups is 1. The number of hydrogen-bond acceptors (Lipinski definition) is 1. The first-order valence-electron chi connectivity index (χ1n) is 3.96. The van der Waals surface area contributed by atoms with Crippen LogP contribution in [0.2, 0.25) is 0 Å². The second-order valence-corrected chi connectivity index (χ2v) is 3.60. The van der Waals surface area contributed by atoms with Gasteiger partial charge in [-0.25, -0.2) is 0 Å². The maximum atomic E-state index is 8.84. The van der Waals surface area contributed by atoms with Gasteiger partial charge in [0.15, 0.2) is 0 Å². The molecule has 1 rings (SSSR count). The van der Waals surface area contributed by atoms with E-state index in [1.54, 1.807) is 0 Å². The number of hydrogen-bond donors (Lipinski definition) is 1. The van der Waals surface area contributed by atoms with Gasteiger partial charge in [0.25, 0.3) is 0 Å². The maximum Gasteiger partial charge on any atom is 0.0816 e. The monoisotopic (exact) mass is 184 g/mol. The van der Waals surface area contributed by atoms with E-state index in [2.05, 4.69) is 6.07 Å². The van der Waals surface area contributed by atoms with Crippen LogP contribution in [0.1, 0.15) is 22.1 Å². The van der Waals surface area contributed by atoms with Crippen molar-refractivity contribution < 1.29 is 5.11 Å². The molecule has 0 saturated carbocycles. The van der Waals surface area contributed by atoms with Crippen molar-refractivity contribution in [2.24, 2.45) is 0 Å². The Balaban J connectivity index is 3.00. The molecule has 1 N–H and O–H groups in total. The van der Waals surface area contributed by atoms with Crippen molar-refractivity contribution in [2.45, 2.75) is 19.2 Å². The lowest BCUT2D eigenvalue weighted by Gasteiger charge is -2.08. The minimum absolute atomic E-state index is 0.00948. The average Bonchev–Trinajstić information content (AvgIpc) is 2.01. The van der Waals surface area contributed by atoms with Gasteiger partial charge in [0.05, 0.1) is 12.0 Å². The smallest absolute Gasteiger partial charge is 0.0816 e. The first kappa shape index (κ1) is 9.56. The van der Waals surface area contributed by atoms with Gasteiger partial charge in [-0.1, -0.05) is 29.3 Å². The Morgan fingerprint density at radius 2 is 1.75 bits per heavy atom. The van der Waals surface area contributed by atoms with Crippen molar-refractivity contribution >= 4 is 11.6 Å². The summed E-state index contributed by atoms with van der Waals surface area (Å²) >= 11 is 5.88. The molecule has 1 aromatic rings. The van der Waals surface area contributed by atoms with Gasteiger partial charge < -0.3 is 5.11 Å². The zero-order valence-corrected chi connectivity index (χ0v) is 8.10. The Morgan fingerprint density at radius 3 is 2.17 bits per heavy atom. The first-order chi connectivity index (χ1) is 5.63. The Hall–Kier alpha value is -0.530. The Morgan fingerprint density at radius 1 is 1.25 bits per heavy atom. The largest absolute Gasteiger partial charge is 0.394 e. The minimum Gasteiger partial charge on any atom is -0.394 e. The van der Waals surface area contributed by atoms with Crippen LogP contribution in [-0.4, -0.2) is 11.7 Å². The van der Waals surface area contributed by atoms with E-state index in [1.807, 2.05) is 26.0 Å². The third kappa shape index (κ3) is 2.23. The summed E-state index contributed by atoms with van der Waals surface area (Å²) in [5, 5.41) is 8.56. The summed E-state index contributed by atoms with van der Waals surface area (Å²) in [6.45, 7) is 4.04. The molecule has 66 valence electrons. The molecule has 0 fully saturated rings. The van der Waals surface area contributed by atoms with Crippen molar-refractivity contribution in [3.8, 4) is 0 Å². The molecule has 0 spiro atoms. The van der Waals surface area contributed by atoms with E-state index in [0.717, 1.165) is 5.56 Å². The van der Waals surface area contributed by atoms with Crippen LogP contribution in [0.25, 0.3) is 0 Å². The molecule has 0 aromatic heterocycles. The molecule has 1 aromatic carbocycles. The molecule has 0 aliphatic rings. The first-order valence-corrected chi connectivity index (χ1v) is 4.40. The molecule has 0 heterocycles. The molecule has 0 amide bonds. The van der Waals surface area contributed by atoms with Gasteiger partial charge in [-0.3, -0.25) is 0 Å². The standard InChI is InChI=1S/C10H13ClO/c1-7-3-8(2)5-9(4-7)10(11)6-12/h3-5,10,12H,6H2,1-2H3/t10-/m1/s1. The Labute approximate surface area is 78.0 Å². The fourth-order valence-electron chi connectivity index (χ4n) is 1.30. The number of alkyl halides is 1. The molecule has 2 heteroatoms. The van der Waals surface area contributed by atoms with Crippen LogP contribution >= 0.6 is 11.6 Å². The molecular weight excluding hydrogens is 172 g/mol. The molecule has 0 unspecified atom stereocenters. The van der Waals surface area contributed by atoms with E-state index in [-0.39, 0.29) is 12.0 Å². The lowest BCUT2D eigenvalue weighted by atomic mass is 10.1. The summed E-state index contributed by atoms with van der Waals surface area (Å²) in [5.41, 5.74) is 3.37. The summed E-state index contributed by atoms with van der Waals surface area (Å²) in [4.78, 5) is 0. The van der Waals surface area contributed by atoms with Gasteiger partial charge in [0.1, 0.15) is 0 Å². The maximum absolute atomic E-state index is 8.84. The van der Waals surface area contributed by atoms with E-state index in [4.69, 9.17) is 16.7 Å². The minimum atomic E-state index is -0.274. The average molecular weight is 185 g/mol. The van der Waals surface area contributed by atoms with Crippen LogP contribution < -0.4 is 0 Å². The molecule has 0 radical (unpaired) electrons. The van der Waals surface area contributed by atoms with Crippen molar-refractivity contribution in [1.29, 1.82) is 0 Å². The number of halogens is 1. The molecular formula is C10H13ClO. The van der Waals surface area contributed by atoms with E-state index in [1.165, 1.54) is 11.1 Å². The van der Waals surface area contributed by atoms with E-state index in [0.29, 0.717) is 0 Å². The van der Waals surface area contributed by atoms with Crippen molar-refractivity contribution in [2.75, 3.05) is 6.61 Å². The third-order valence-corrected chi connectivity index (χ3v) is 2.16. The highest BCUT2D eigenvalue weighted by Crippen LogP contribution is 2.21. The van der Waals surface area contributed by atoms with Crippen LogP contribution in [0.4, 0.5) is 0 Å². The second-order valence-electron chi connectivity index (χ2n) is 3.07. The lowest BCUT2D eigenvalue weighted by molar-refractivity contribution is 0.294. The highest BCUT2D eigenvalue weighted by atomic mass is 35.5. The van der Waals surface area contributed by atoms with Gasteiger partial charge in [0.2, 0.25) is 0 Å². The molecule has 0 bridgehead atoms. The van der Waals surface area contributed by atoms with Crippen molar-refractivity contribution in [3.63, 3.8) is 0 Å². The van der Waals surface area contributed by atoms with Crippen LogP contribution in [-0.2, 0) is 0 Å². The highest BCUT2D eigenvalue weighted by molar-refractivity contribution is 6.20. The number of benzene rings is 1. The van der Waals surface area contributed by atoms with Crippen molar-refractivity contribution in [1.82, 2.24) is 0 Å². The van der Waals surface area contributed by atoms with Gasteiger partial charge in [-0.2, -0.15) is 0 Å². The van der Waals surface area contributed by atoms with Gasteiger partial charge in [-0.15, -0.1) is 11.6 Å². The van der Waals surface area contributed by atoms with Crippen LogP contribution in [0.15, 0.2) is 18.2 Å². The Kier molecular flexibility index (Phi) is 3.12. The number of aliphatic hydroxyl groups excluding tert-OH is 1. The van der Waals surface area contributed by atoms with Gasteiger partial charge in [0, 0.05) is 0 Å². The summed E-state index contributed by atoms with van der Waals surface area (Å²) in [5.74, 6) is 0. The molecule has 0 aliphatic heterocycles. The molecule has 0 saturated heterocycles. The third-order valence-electron chi connectivity index (χ3n) is 1.77. The van der Waals surface area contributed by atoms with Gasteiger partial charge >= 0.3 is 0 Å². The van der Waals surface area contributed by atoms with Crippen LogP contribution in [0.3, 0.4) is 0 Å². The lowest BCUT2D eigenvalue weighted by Crippen LogP contribution is -1.96. The van der Waals surface area contributed by atoms with E-state index < -0.39 is 0 Å². The summed E-state index contributed by atoms with van der Waals surface area (Å²) in [6.07, 6.45) is 0. The molecule has 0 aliphatic carbocycles. The van der Waals surface area contributed by atoms with Crippen LogP contribution in [0.5, 0.6) is 0 Å². The number of rotatable bonds is 2.